The number of carbonyl (C=O) groups excluding carboxylic acids is 3. The zero-order chi connectivity index (χ0) is 59.9. The van der Waals surface area contributed by atoms with Crippen molar-refractivity contribution in [3.63, 3.8) is 0 Å². The van der Waals surface area contributed by atoms with Crippen LogP contribution in [0.15, 0.2) is 24.3 Å². The minimum Gasteiger partial charge on any atom is -0.462 e. The van der Waals surface area contributed by atoms with Crippen molar-refractivity contribution in [3.8, 4) is 0 Å². The molecule has 0 saturated heterocycles. The molecule has 6 nitrogen and oxygen atoms in total. The molecule has 0 radical (unpaired) electrons. The Morgan fingerprint density at radius 2 is 0.434 bits per heavy atom. The zero-order valence-corrected chi connectivity index (χ0v) is 56.5. The molecule has 1 unspecified atom stereocenters. The first-order valence-corrected chi connectivity index (χ1v) is 37.8. The number of allylic oxidation sites excluding steroid dienone is 4. The molecular weight excluding hydrogens is 1020 g/mol. The molecule has 1 atom stereocenters. The number of carbonyl (C=O) groups is 3. The predicted octanol–water partition coefficient (Wildman–Crippen LogP) is 26.1. The molecule has 0 aromatic heterocycles. The fourth-order valence-corrected chi connectivity index (χ4v) is 11.8. The number of ether oxygens (including phenoxy) is 3. The summed E-state index contributed by atoms with van der Waals surface area (Å²) in [5.74, 6) is -0.823. The van der Waals surface area contributed by atoms with Crippen molar-refractivity contribution in [1.82, 2.24) is 0 Å². The highest BCUT2D eigenvalue weighted by Gasteiger charge is 2.20. The Morgan fingerprint density at radius 1 is 0.241 bits per heavy atom. The fourth-order valence-electron chi connectivity index (χ4n) is 11.8. The molecule has 490 valence electrons. The van der Waals surface area contributed by atoms with Crippen LogP contribution in [0.3, 0.4) is 0 Å². The van der Waals surface area contributed by atoms with Gasteiger partial charge in [-0.1, -0.05) is 385 Å². The number of esters is 3. The van der Waals surface area contributed by atoms with Gasteiger partial charge in [-0.05, 0) is 51.4 Å². The van der Waals surface area contributed by atoms with Gasteiger partial charge in [-0.3, -0.25) is 14.4 Å². The Balaban J connectivity index is 4.25. The Bertz CT molecular complexity index is 1340. The first-order valence-electron chi connectivity index (χ1n) is 37.8. The maximum absolute atomic E-state index is 13.0. The third-order valence-corrected chi connectivity index (χ3v) is 17.5. The Labute approximate surface area is 519 Å². The Morgan fingerprint density at radius 3 is 0.663 bits per heavy atom. The van der Waals surface area contributed by atoms with E-state index in [-0.39, 0.29) is 31.1 Å². The van der Waals surface area contributed by atoms with Crippen LogP contribution in [0.4, 0.5) is 0 Å². The predicted molar refractivity (Wildman–Crippen MR) is 363 cm³/mol. The maximum Gasteiger partial charge on any atom is 0.306 e. The van der Waals surface area contributed by atoms with Gasteiger partial charge in [0, 0.05) is 19.3 Å². The summed E-state index contributed by atoms with van der Waals surface area (Å²) in [6.45, 7) is 6.73. The molecule has 0 bridgehead atoms. The zero-order valence-electron chi connectivity index (χ0n) is 56.5. The monoisotopic (exact) mass is 1170 g/mol. The lowest BCUT2D eigenvalue weighted by Gasteiger charge is -2.18. The quantitative estimate of drug-likeness (QED) is 0.0261. The fraction of sp³-hybridized carbons (Fsp3) is 0.909. The van der Waals surface area contributed by atoms with Gasteiger partial charge in [0.25, 0.3) is 0 Å². The van der Waals surface area contributed by atoms with Gasteiger partial charge < -0.3 is 14.2 Å². The van der Waals surface area contributed by atoms with E-state index in [4.69, 9.17) is 14.2 Å². The average Bonchev–Trinajstić information content (AvgIpc) is 3.50. The maximum atomic E-state index is 13.0. The molecule has 0 aromatic rings. The van der Waals surface area contributed by atoms with E-state index < -0.39 is 6.10 Å². The van der Waals surface area contributed by atoms with Crippen molar-refractivity contribution in [2.24, 2.45) is 0 Å². The van der Waals surface area contributed by atoms with Gasteiger partial charge >= 0.3 is 17.9 Å². The highest BCUT2D eigenvalue weighted by Crippen LogP contribution is 2.19. The van der Waals surface area contributed by atoms with Gasteiger partial charge in [0.1, 0.15) is 13.2 Å². The van der Waals surface area contributed by atoms with Crippen molar-refractivity contribution in [1.29, 1.82) is 0 Å². The van der Waals surface area contributed by atoms with E-state index in [9.17, 15) is 14.4 Å². The minimum atomic E-state index is -0.768. The molecule has 6 heteroatoms. The summed E-state index contributed by atoms with van der Waals surface area (Å²) in [4.78, 5) is 38.6. The van der Waals surface area contributed by atoms with Crippen LogP contribution in [-0.2, 0) is 28.6 Å². The van der Waals surface area contributed by atoms with E-state index in [0.29, 0.717) is 19.3 Å². The normalized spacial score (nSPS) is 12.1. The van der Waals surface area contributed by atoms with Gasteiger partial charge in [0.15, 0.2) is 6.10 Å². The van der Waals surface area contributed by atoms with E-state index in [1.165, 1.54) is 327 Å². The molecule has 83 heavy (non-hydrogen) atoms. The molecule has 0 aromatic carbocycles. The summed E-state index contributed by atoms with van der Waals surface area (Å²) >= 11 is 0. The van der Waals surface area contributed by atoms with Crippen molar-refractivity contribution < 1.29 is 28.6 Å². The Kier molecular flexibility index (Phi) is 70.5. The summed E-state index contributed by atoms with van der Waals surface area (Å²) in [6.07, 6.45) is 89.3. The molecular formula is C77H146O6. The smallest absolute Gasteiger partial charge is 0.306 e. The minimum absolute atomic E-state index is 0.0630. The van der Waals surface area contributed by atoms with Crippen LogP contribution >= 0.6 is 0 Å². The molecule has 0 fully saturated rings. The summed E-state index contributed by atoms with van der Waals surface area (Å²) in [5, 5.41) is 0. The second-order valence-corrected chi connectivity index (χ2v) is 25.9. The van der Waals surface area contributed by atoms with Crippen molar-refractivity contribution in [2.75, 3.05) is 13.2 Å². The number of hydrogen-bond acceptors (Lipinski definition) is 6. The van der Waals surface area contributed by atoms with Gasteiger partial charge in [-0.2, -0.15) is 0 Å². The lowest BCUT2D eigenvalue weighted by molar-refractivity contribution is -0.167. The van der Waals surface area contributed by atoms with Crippen LogP contribution in [0.1, 0.15) is 432 Å². The molecule has 0 aliphatic heterocycles. The van der Waals surface area contributed by atoms with E-state index in [2.05, 4.69) is 45.1 Å². The molecule has 0 amide bonds. The van der Waals surface area contributed by atoms with Crippen LogP contribution in [-0.4, -0.2) is 37.2 Å². The standard InChI is InChI=1S/C77H146O6/c1-4-7-10-13-16-19-22-25-28-31-34-35-36-37-38-39-40-41-44-46-49-52-55-58-61-64-67-70-76(79)82-73-74(83-77(80)71-68-65-62-59-56-53-50-47-43-33-30-27-24-21-18-15-12-9-6-3)72-81-75(78)69-66-63-60-57-54-51-48-45-42-32-29-26-23-20-17-14-11-8-5-2/h22,25,31,34,74H,4-21,23-24,26-30,32-33,35-73H2,1-3H3/b25-22-,34-31-. The number of unbranched alkanes of at least 4 members (excludes halogenated alkanes) is 56. The topological polar surface area (TPSA) is 78.9 Å². The summed E-state index contributed by atoms with van der Waals surface area (Å²) < 4.78 is 17.1. The molecule has 0 aliphatic carbocycles. The molecule has 0 heterocycles. The molecule has 0 saturated carbocycles. The van der Waals surface area contributed by atoms with Gasteiger partial charge in [-0.15, -0.1) is 0 Å². The van der Waals surface area contributed by atoms with E-state index in [1.807, 2.05) is 0 Å². The third-order valence-electron chi connectivity index (χ3n) is 17.5. The highest BCUT2D eigenvalue weighted by atomic mass is 16.6. The van der Waals surface area contributed by atoms with Gasteiger partial charge in [-0.25, -0.2) is 0 Å². The first kappa shape index (κ1) is 80.9. The lowest BCUT2D eigenvalue weighted by atomic mass is 10.0. The van der Waals surface area contributed by atoms with Crippen LogP contribution in [0, 0.1) is 0 Å². The first-order chi connectivity index (χ1) is 41.0. The van der Waals surface area contributed by atoms with E-state index in [1.54, 1.807) is 0 Å². The summed E-state index contributed by atoms with van der Waals surface area (Å²) in [6, 6.07) is 0. The second-order valence-electron chi connectivity index (χ2n) is 25.9. The highest BCUT2D eigenvalue weighted by molar-refractivity contribution is 5.71. The largest absolute Gasteiger partial charge is 0.462 e. The second kappa shape index (κ2) is 72.4. The average molecular weight is 1170 g/mol. The van der Waals surface area contributed by atoms with Gasteiger partial charge in [0.05, 0.1) is 0 Å². The molecule has 0 rings (SSSR count). The molecule has 0 aliphatic rings. The summed E-state index contributed by atoms with van der Waals surface area (Å²) in [5.41, 5.74) is 0. The number of hydrogen-bond donors (Lipinski definition) is 0. The van der Waals surface area contributed by atoms with Crippen LogP contribution < -0.4 is 0 Å². The lowest BCUT2D eigenvalue weighted by Crippen LogP contribution is -2.30. The van der Waals surface area contributed by atoms with E-state index >= 15 is 0 Å². The third kappa shape index (κ3) is 70.5. The van der Waals surface area contributed by atoms with Crippen molar-refractivity contribution in [3.05, 3.63) is 24.3 Å². The van der Waals surface area contributed by atoms with Crippen LogP contribution in [0.5, 0.6) is 0 Å². The van der Waals surface area contributed by atoms with Crippen LogP contribution in [0.2, 0.25) is 0 Å². The summed E-state index contributed by atoms with van der Waals surface area (Å²) in [7, 11) is 0. The number of rotatable bonds is 71. The van der Waals surface area contributed by atoms with Crippen LogP contribution in [0.25, 0.3) is 0 Å². The van der Waals surface area contributed by atoms with Gasteiger partial charge in [0.2, 0.25) is 0 Å². The Hall–Kier alpha value is -2.11. The molecule has 0 N–H and O–H groups in total. The van der Waals surface area contributed by atoms with E-state index in [0.717, 1.165) is 64.2 Å². The SMILES string of the molecule is CCCCCCC/C=C\C/C=C\CCCCCCCCCCCCCCCCCC(=O)OCC(COC(=O)CCCCCCCCCCCCCCCCCCCCC)OC(=O)CCCCCCCCCCCCCCCCCCCCC. The molecule has 0 spiro atoms. The van der Waals surface area contributed by atoms with Crippen molar-refractivity contribution >= 4 is 17.9 Å². The van der Waals surface area contributed by atoms with Crippen molar-refractivity contribution in [2.45, 2.75) is 438 Å².